The minimum Gasteiger partial charge on any atom is -0.611 e. The first-order valence-electron chi connectivity index (χ1n) is 6.71. The molecule has 0 spiro atoms. The lowest BCUT2D eigenvalue weighted by atomic mass is 10.1. The van der Waals surface area contributed by atoms with Gasteiger partial charge in [0.15, 0.2) is 10.7 Å². The van der Waals surface area contributed by atoms with Crippen LogP contribution in [0.1, 0.15) is 38.1 Å². The van der Waals surface area contributed by atoms with Crippen LogP contribution >= 0.6 is 0 Å². The van der Waals surface area contributed by atoms with E-state index in [9.17, 15) is 18.5 Å². The lowest BCUT2D eigenvalue weighted by Gasteiger charge is -2.19. The fourth-order valence-corrected chi connectivity index (χ4v) is 2.49. The Hall–Kier alpha value is -1.60. The van der Waals surface area contributed by atoms with E-state index in [-0.39, 0.29) is 17.1 Å². The highest BCUT2D eigenvalue weighted by atomic mass is 32.2. The second kappa shape index (κ2) is 7.60. The van der Waals surface area contributed by atoms with E-state index in [0.717, 1.165) is 6.07 Å². The van der Waals surface area contributed by atoms with Crippen molar-refractivity contribution in [1.82, 2.24) is 0 Å². The van der Waals surface area contributed by atoms with Crippen molar-refractivity contribution in [1.29, 1.82) is 0 Å². The minimum atomic E-state index is -1.87. The third-order valence-electron chi connectivity index (χ3n) is 2.37. The maximum Gasteiger partial charge on any atom is 0.356 e. The molecule has 5 nitrogen and oxygen atoms in total. The fourth-order valence-electron chi connectivity index (χ4n) is 1.54. The molecule has 0 aromatic heterocycles. The Kier molecular flexibility index (Phi) is 6.37. The van der Waals surface area contributed by atoms with E-state index in [2.05, 4.69) is 4.74 Å². The van der Waals surface area contributed by atoms with Crippen LogP contribution in [0.4, 0.5) is 4.39 Å². The molecule has 0 N–H and O–H groups in total. The number of hydrogen-bond donors (Lipinski definition) is 0. The van der Waals surface area contributed by atoms with Gasteiger partial charge in [-0.3, -0.25) is 0 Å². The molecular formula is C15H19FO5S. The van der Waals surface area contributed by atoms with E-state index in [1.807, 2.05) is 0 Å². The first kappa shape index (κ1) is 18.4. The Labute approximate surface area is 132 Å². The summed E-state index contributed by atoms with van der Waals surface area (Å²) in [6.45, 7) is 6.88. The van der Waals surface area contributed by atoms with Crippen LogP contribution in [0.15, 0.2) is 23.1 Å². The summed E-state index contributed by atoms with van der Waals surface area (Å²) < 4.78 is 35.7. The summed E-state index contributed by atoms with van der Waals surface area (Å²) in [6, 6.07) is 3.48. The standard InChI is InChI=1S/C15H19FO5S/c1-5-20-13(17)9-22(19)12-7-6-10(8-11(12)16)14(18)21-15(2,3)4/h6-8H,5,9H2,1-4H3. The topological polar surface area (TPSA) is 75.7 Å². The Morgan fingerprint density at radius 3 is 2.45 bits per heavy atom. The van der Waals surface area contributed by atoms with Crippen LogP contribution < -0.4 is 0 Å². The second-order valence-corrected chi connectivity index (χ2v) is 6.86. The number of carbonyl (C=O) groups excluding carboxylic acids is 2. The van der Waals surface area contributed by atoms with Gasteiger partial charge >= 0.3 is 11.9 Å². The van der Waals surface area contributed by atoms with Crippen LogP contribution in [-0.2, 0) is 25.4 Å². The van der Waals surface area contributed by atoms with Crippen LogP contribution in [0.3, 0.4) is 0 Å². The van der Waals surface area contributed by atoms with Gasteiger partial charge in [-0.1, -0.05) is 0 Å². The molecule has 0 saturated heterocycles. The van der Waals surface area contributed by atoms with Gasteiger partial charge in [-0.05, 0) is 57.1 Å². The van der Waals surface area contributed by atoms with Gasteiger partial charge in [-0.2, -0.15) is 0 Å². The van der Waals surface area contributed by atoms with E-state index < -0.39 is 40.3 Å². The maximum absolute atomic E-state index is 14.0. The average Bonchev–Trinajstić information content (AvgIpc) is 2.36. The molecule has 1 atom stereocenters. The molecule has 0 fully saturated rings. The molecule has 0 aliphatic rings. The van der Waals surface area contributed by atoms with Crippen molar-refractivity contribution in [3.63, 3.8) is 0 Å². The van der Waals surface area contributed by atoms with Gasteiger partial charge in [0, 0.05) is 0 Å². The lowest BCUT2D eigenvalue weighted by molar-refractivity contribution is -0.139. The molecule has 122 valence electrons. The molecule has 1 unspecified atom stereocenters. The molecule has 0 saturated carbocycles. The maximum atomic E-state index is 14.0. The molecule has 0 heterocycles. The summed E-state index contributed by atoms with van der Waals surface area (Å²) >= 11 is -1.87. The molecule has 1 rings (SSSR count). The number of carbonyl (C=O) groups is 2. The summed E-state index contributed by atoms with van der Waals surface area (Å²) in [5.41, 5.74) is -0.678. The molecule has 0 bridgehead atoms. The number of benzene rings is 1. The quantitative estimate of drug-likeness (QED) is 0.612. The third kappa shape index (κ3) is 5.65. The smallest absolute Gasteiger partial charge is 0.356 e. The van der Waals surface area contributed by atoms with Crippen molar-refractivity contribution in [3.8, 4) is 0 Å². The predicted octanol–water partition coefficient (Wildman–Crippen LogP) is 2.45. The highest BCUT2D eigenvalue weighted by Gasteiger charge is 2.24. The lowest BCUT2D eigenvalue weighted by Crippen LogP contribution is -2.24. The Bertz CT molecular complexity index is 553. The van der Waals surface area contributed by atoms with Crippen molar-refractivity contribution >= 4 is 23.1 Å². The van der Waals surface area contributed by atoms with Gasteiger partial charge in [0.05, 0.1) is 12.2 Å². The van der Waals surface area contributed by atoms with Crippen molar-refractivity contribution in [2.75, 3.05) is 12.4 Å². The summed E-state index contributed by atoms with van der Waals surface area (Å²) in [7, 11) is 0. The fraction of sp³-hybridized carbons (Fsp3) is 0.467. The number of hydrogen-bond acceptors (Lipinski definition) is 5. The number of esters is 2. The van der Waals surface area contributed by atoms with Crippen LogP contribution in [0.25, 0.3) is 0 Å². The molecule has 1 aromatic carbocycles. The van der Waals surface area contributed by atoms with Crippen molar-refractivity contribution < 1.29 is 28.0 Å². The normalized spacial score (nSPS) is 12.6. The van der Waals surface area contributed by atoms with Gasteiger partial charge < -0.3 is 14.0 Å². The van der Waals surface area contributed by atoms with Crippen molar-refractivity contribution in [3.05, 3.63) is 29.6 Å². The zero-order valence-corrected chi connectivity index (χ0v) is 13.8. The summed E-state index contributed by atoms with van der Waals surface area (Å²) in [6.07, 6.45) is 0. The summed E-state index contributed by atoms with van der Waals surface area (Å²) in [5.74, 6) is -2.60. The second-order valence-electron chi connectivity index (χ2n) is 5.44. The SMILES string of the molecule is CCOC(=O)C[S+]([O-])c1ccc(C(=O)OC(C)(C)C)cc1F. The monoisotopic (exact) mass is 330 g/mol. The van der Waals surface area contributed by atoms with E-state index >= 15 is 0 Å². The Balaban J connectivity index is 2.85. The average molecular weight is 330 g/mol. The first-order valence-corrected chi connectivity index (χ1v) is 8.03. The third-order valence-corrected chi connectivity index (χ3v) is 3.69. The predicted molar refractivity (Wildman–Crippen MR) is 79.5 cm³/mol. The highest BCUT2D eigenvalue weighted by Crippen LogP contribution is 2.20. The van der Waals surface area contributed by atoms with Crippen LogP contribution in [-0.4, -0.2) is 34.5 Å². The molecule has 7 heteroatoms. The zero-order valence-electron chi connectivity index (χ0n) is 13.0. The largest absolute Gasteiger partial charge is 0.611 e. The number of halogens is 1. The minimum absolute atomic E-state index is 0.0179. The molecular weight excluding hydrogens is 311 g/mol. The molecule has 1 aromatic rings. The molecule has 22 heavy (non-hydrogen) atoms. The molecule has 0 radical (unpaired) electrons. The van der Waals surface area contributed by atoms with Gasteiger partial charge in [0.25, 0.3) is 0 Å². The van der Waals surface area contributed by atoms with Crippen LogP contribution in [0.5, 0.6) is 0 Å². The van der Waals surface area contributed by atoms with Crippen LogP contribution in [0, 0.1) is 5.82 Å². The highest BCUT2D eigenvalue weighted by molar-refractivity contribution is 7.92. The van der Waals surface area contributed by atoms with Gasteiger partial charge in [-0.15, -0.1) is 0 Å². The van der Waals surface area contributed by atoms with E-state index in [1.54, 1.807) is 27.7 Å². The summed E-state index contributed by atoms with van der Waals surface area (Å²) in [5, 5.41) is 0. The Morgan fingerprint density at radius 2 is 1.95 bits per heavy atom. The van der Waals surface area contributed by atoms with Crippen molar-refractivity contribution in [2.24, 2.45) is 0 Å². The Morgan fingerprint density at radius 1 is 1.32 bits per heavy atom. The molecule has 0 aliphatic heterocycles. The zero-order chi connectivity index (χ0) is 16.9. The summed E-state index contributed by atoms with van der Waals surface area (Å²) in [4.78, 5) is 22.9. The van der Waals surface area contributed by atoms with Crippen LogP contribution in [0.2, 0.25) is 0 Å². The van der Waals surface area contributed by atoms with E-state index in [0.29, 0.717) is 0 Å². The van der Waals surface area contributed by atoms with Gasteiger partial charge in [-0.25, -0.2) is 14.0 Å². The number of ether oxygens (including phenoxy) is 2. The number of rotatable bonds is 5. The van der Waals surface area contributed by atoms with E-state index in [4.69, 9.17) is 4.74 Å². The molecule has 0 aliphatic carbocycles. The van der Waals surface area contributed by atoms with Crippen molar-refractivity contribution in [2.45, 2.75) is 38.2 Å². The molecule has 0 amide bonds. The first-order chi connectivity index (χ1) is 10.1. The van der Waals surface area contributed by atoms with Gasteiger partial charge in [0.2, 0.25) is 5.75 Å². The van der Waals surface area contributed by atoms with E-state index in [1.165, 1.54) is 12.1 Å². The van der Waals surface area contributed by atoms with Gasteiger partial charge in [0.1, 0.15) is 5.60 Å².